The van der Waals surface area contributed by atoms with Crippen LogP contribution >= 0.6 is 23.1 Å². The molecular formula is C21H21N4O4S2+. The number of carbonyl (C=O) groups is 2. The number of aryl methyl sites for hydroxylation is 1. The van der Waals surface area contributed by atoms with Crippen molar-refractivity contribution in [2.45, 2.75) is 37.1 Å². The number of hydrogen-bond donors (Lipinski definition) is 2. The van der Waals surface area contributed by atoms with E-state index < -0.39 is 18.0 Å². The number of aromatic nitrogens is 3. The fourth-order valence-electron chi connectivity index (χ4n) is 4.34. The van der Waals surface area contributed by atoms with Crippen LogP contribution in [0.3, 0.4) is 0 Å². The molecule has 0 saturated carbocycles. The predicted octanol–water partition coefficient (Wildman–Crippen LogP) is 1.88. The van der Waals surface area contributed by atoms with E-state index >= 15 is 0 Å². The number of carboxylic acid groups (broad SMARTS) is 1. The van der Waals surface area contributed by atoms with Crippen LogP contribution in [0.2, 0.25) is 0 Å². The molecule has 31 heavy (non-hydrogen) atoms. The third-order valence-electron chi connectivity index (χ3n) is 5.77. The normalized spacial score (nSPS) is 21.5. The molecule has 0 aromatic carbocycles. The lowest BCUT2D eigenvalue weighted by Gasteiger charge is -2.44. The van der Waals surface area contributed by atoms with Gasteiger partial charge in [0.05, 0.1) is 28.7 Å². The van der Waals surface area contributed by atoms with Gasteiger partial charge in [0.2, 0.25) is 5.91 Å². The molecule has 2 aliphatic heterocycles. The maximum Gasteiger partial charge on any atom is 0.352 e. The van der Waals surface area contributed by atoms with Crippen LogP contribution in [0.4, 0.5) is 0 Å². The maximum absolute atomic E-state index is 12.4. The Balaban J connectivity index is 1.40. The van der Waals surface area contributed by atoms with E-state index in [1.54, 1.807) is 25.0 Å². The van der Waals surface area contributed by atoms with Crippen molar-refractivity contribution in [3.05, 3.63) is 53.7 Å². The second-order valence-electron chi connectivity index (χ2n) is 7.70. The number of thiazole rings is 1. The largest absolute Gasteiger partial charge is 0.477 e. The van der Waals surface area contributed by atoms with Crippen molar-refractivity contribution in [2.75, 3.05) is 5.75 Å². The monoisotopic (exact) mass is 457 g/mol. The summed E-state index contributed by atoms with van der Waals surface area (Å²) < 4.78 is 4.02. The standard InChI is InChI=1S/C21H20N4O4S2/c1-12(26)16-14-9-13(17(21(28)29)25(14)19(16)27)15-10-24-11-22-18(20(24)31-15)30-8-7-23-5-3-2-4-6-23/h2-6,10-12,14,16,26H,7-9H2,1H3/p+1/t12-,14-,16-/m1/s1. The average Bonchev–Trinajstić information content (AvgIpc) is 3.40. The molecule has 0 bridgehead atoms. The van der Waals surface area contributed by atoms with E-state index in [0.29, 0.717) is 12.0 Å². The number of pyridine rings is 1. The number of imidazole rings is 1. The van der Waals surface area contributed by atoms with Gasteiger partial charge in [-0.3, -0.25) is 9.20 Å². The van der Waals surface area contributed by atoms with E-state index in [9.17, 15) is 19.8 Å². The van der Waals surface area contributed by atoms with E-state index in [1.165, 1.54) is 16.2 Å². The molecule has 5 heterocycles. The summed E-state index contributed by atoms with van der Waals surface area (Å²) in [5.74, 6) is -1.11. The summed E-state index contributed by atoms with van der Waals surface area (Å²) in [6.07, 6.45) is 7.32. The van der Waals surface area contributed by atoms with Gasteiger partial charge >= 0.3 is 5.97 Å². The number of rotatable bonds is 7. The maximum atomic E-state index is 12.4. The molecule has 0 radical (unpaired) electrons. The molecule has 8 nitrogen and oxygen atoms in total. The van der Waals surface area contributed by atoms with Crippen molar-refractivity contribution >= 4 is 45.4 Å². The summed E-state index contributed by atoms with van der Waals surface area (Å²) >= 11 is 3.15. The van der Waals surface area contributed by atoms with Crippen molar-refractivity contribution in [3.8, 4) is 0 Å². The number of nitrogens with zero attached hydrogens (tertiary/aromatic N) is 4. The highest BCUT2D eigenvalue weighted by Gasteiger charge is 2.57. The Morgan fingerprint density at radius 3 is 2.87 bits per heavy atom. The third kappa shape index (κ3) is 3.35. The molecule has 3 aromatic heterocycles. The Kier molecular flexibility index (Phi) is 5.07. The summed E-state index contributed by atoms with van der Waals surface area (Å²) in [6, 6.07) is 5.69. The van der Waals surface area contributed by atoms with Gasteiger partial charge in [0.1, 0.15) is 21.9 Å². The van der Waals surface area contributed by atoms with Crippen molar-refractivity contribution in [3.63, 3.8) is 0 Å². The lowest BCUT2D eigenvalue weighted by Crippen LogP contribution is -2.61. The van der Waals surface area contributed by atoms with Gasteiger partial charge in [0, 0.05) is 23.9 Å². The summed E-state index contributed by atoms with van der Waals surface area (Å²) in [4.78, 5) is 32.0. The fourth-order valence-corrected chi connectivity index (χ4v) is 6.51. The molecule has 2 N–H and O–H groups in total. The number of hydrogen-bond acceptors (Lipinski definition) is 6. The van der Waals surface area contributed by atoms with E-state index in [0.717, 1.165) is 27.0 Å². The third-order valence-corrected chi connectivity index (χ3v) is 8.03. The molecule has 0 spiro atoms. The first-order chi connectivity index (χ1) is 15.0. The number of thioether (sulfide) groups is 1. The molecule has 1 fully saturated rings. The van der Waals surface area contributed by atoms with Crippen LogP contribution in [0.15, 0.2) is 53.8 Å². The zero-order valence-electron chi connectivity index (χ0n) is 16.7. The summed E-state index contributed by atoms with van der Waals surface area (Å²) in [6.45, 7) is 2.44. The molecule has 2 aliphatic rings. The quantitative estimate of drug-likeness (QED) is 0.319. The van der Waals surface area contributed by atoms with Crippen molar-refractivity contribution in [1.82, 2.24) is 14.3 Å². The Hall–Kier alpha value is -2.69. The van der Waals surface area contributed by atoms with Crippen LogP contribution in [-0.4, -0.2) is 54.3 Å². The zero-order chi connectivity index (χ0) is 21.7. The first-order valence-electron chi connectivity index (χ1n) is 9.97. The summed E-state index contributed by atoms with van der Waals surface area (Å²) in [7, 11) is 0. The van der Waals surface area contributed by atoms with Gasteiger partial charge in [-0.15, -0.1) is 11.3 Å². The van der Waals surface area contributed by atoms with Gasteiger partial charge < -0.3 is 15.1 Å². The first kappa shape index (κ1) is 20.2. The van der Waals surface area contributed by atoms with Crippen LogP contribution < -0.4 is 4.57 Å². The van der Waals surface area contributed by atoms with Gasteiger partial charge in [0.15, 0.2) is 18.9 Å². The Morgan fingerprint density at radius 2 is 2.16 bits per heavy atom. The van der Waals surface area contributed by atoms with E-state index in [1.807, 2.05) is 41.2 Å². The second-order valence-corrected chi connectivity index (χ2v) is 9.81. The van der Waals surface area contributed by atoms with Crippen molar-refractivity contribution in [1.29, 1.82) is 0 Å². The molecule has 10 heteroatoms. The SMILES string of the molecule is C[C@@H](O)[C@H]1C(=O)N2C(C(=O)O)=C(c3cn4cnc(SCC[n+]5ccccc5)c4s3)C[C@H]12. The van der Waals surface area contributed by atoms with Crippen LogP contribution in [0.25, 0.3) is 10.4 Å². The minimum Gasteiger partial charge on any atom is -0.477 e. The molecule has 3 aromatic rings. The van der Waals surface area contributed by atoms with E-state index in [2.05, 4.69) is 9.55 Å². The lowest BCUT2D eigenvalue weighted by atomic mass is 9.83. The Bertz CT molecular complexity index is 1200. The van der Waals surface area contributed by atoms with Gasteiger partial charge in [0.25, 0.3) is 0 Å². The second kappa shape index (κ2) is 7.77. The van der Waals surface area contributed by atoms with Crippen LogP contribution in [0.5, 0.6) is 0 Å². The van der Waals surface area contributed by atoms with Crippen molar-refractivity contribution < 1.29 is 24.4 Å². The predicted molar refractivity (Wildman–Crippen MR) is 115 cm³/mol. The topological polar surface area (TPSA) is 99.0 Å². The average molecular weight is 458 g/mol. The first-order valence-corrected chi connectivity index (χ1v) is 11.8. The Labute approximate surface area is 186 Å². The van der Waals surface area contributed by atoms with E-state index in [4.69, 9.17) is 0 Å². The smallest absolute Gasteiger partial charge is 0.352 e. The number of carboxylic acids is 1. The molecule has 1 amide bonds. The highest BCUT2D eigenvalue weighted by Crippen LogP contribution is 2.48. The zero-order valence-corrected chi connectivity index (χ0v) is 18.3. The highest BCUT2D eigenvalue weighted by molar-refractivity contribution is 7.99. The summed E-state index contributed by atoms with van der Waals surface area (Å²) in [5, 5.41) is 20.6. The number of aliphatic carboxylic acids is 1. The molecule has 160 valence electrons. The minimum absolute atomic E-state index is 0.0408. The Morgan fingerprint density at radius 1 is 1.39 bits per heavy atom. The number of carbonyl (C=O) groups excluding carboxylic acids is 1. The number of amides is 1. The number of β-lactam (4-membered cyclic amide) rings is 1. The summed E-state index contributed by atoms with van der Waals surface area (Å²) in [5.41, 5.74) is 0.692. The lowest BCUT2D eigenvalue weighted by molar-refractivity contribution is -0.692. The fraction of sp³-hybridized carbons (Fsp3) is 0.333. The molecule has 3 atom stereocenters. The highest BCUT2D eigenvalue weighted by atomic mass is 32.2. The minimum atomic E-state index is -1.11. The molecule has 0 aliphatic carbocycles. The van der Waals surface area contributed by atoms with Crippen LogP contribution in [0.1, 0.15) is 18.2 Å². The van der Waals surface area contributed by atoms with Crippen LogP contribution in [-0.2, 0) is 16.1 Å². The van der Waals surface area contributed by atoms with Gasteiger partial charge in [-0.25, -0.2) is 14.3 Å². The van der Waals surface area contributed by atoms with Crippen LogP contribution in [0, 0.1) is 5.92 Å². The molecule has 5 rings (SSSR count). The van der Waals surface area contributed by atoms with Crippen molar-refractivity contribution in [2.24, 2.45) is 5.92 Å². The molecule has 1 saturated heterocycles. The molecular weight excluding hydrogens is 436 g/mol. The number of aliphatic hydroxyl groups is 1. The van der Waals surface area contributed by atoms with E-state index in [-0.39, 0.29) is 17.6 Å². The number of aliphatic hydroxyl groups excluding tert-OH is 1. The van der Waals surface area contributed by atoms with Gasteiger partial charge in [-0.05, 0) is 13.3 Å². The van der Waals surface area contributed by atoms with Gasteiger partial charge in [-0.1, -0.05) is 17.8 Å². The van der Waals surface area contributed by atoms with Gasteiger partial charge in [-0.2, -0.15) is 0 Å². The number of fused-ring (bicyclic) bond motifs is 2. The molecule has 0 unspecified atom stereocenters.